The average molecular weight is 363 g/mol. The quantitative estimate of drug-likeness (QED) is 0.648. The number of ether oxygens (including phenoxy) is 1. The first-order valence-electron chi connectivity index (χ1n) is 7.35. The number of rotatable bonds is 6. The summed E-state index contributed by atoms with van der Waals surface area (Å²) in [5.41, 5.74) is 2.04. The molecule has 0 atom stereocenters. The van der Waals surface area contributed by atoms with Crippen LogP contribution in [-0.4, -0.2) is 23.3 Å². The van der Waals surface area contributed by atoms with E-state index in [-0.39, 0.29) is 11.7 Å². The monoisotopic (exact) mass is 362 g/mol. The predicted molar refractivity (Wildman–Crippen MR) is 96.0 cm³/mol. The van der Waals surface area contributed by atoms with E-state index in [0.717, 1.165) is 5.75 Å². The zero-order chi connectivity index (χ0) is 16.9. The van der Waals surface area contributed by atoms with E-state index in [1.165, 1.54) is 11.8 Å². The van der Waals surface area contributed by atoms with Crippen LogP contribution in [0.3, 0.4) is 0 Å². The van der Waals surface area contributed by atoms with Crippen molar-refractivity contribution in [3.63, 3.8) is 0 Å². The van der Waals surface area contributed by atoms with Gasteiger partial charge in [-0.2, -0.15) is 0 Å². The van der Waals surface area contributed by atoms with Crippen molar-refractivity contribution in [2.24, 2.45) is 0 Å². The van der Waals surface area contributed by atoms with Crippen LogP contribution in [0.2, 0.25) is 5.02 Å². The van der Waals surface area contributed by atoms with Gasteiger partial charge in [-0.3, -0.25) is 4.79 Å². The van der Waals surface area contributed by atoms with Gasteiger partial charge in [-0.05, 0) is 49.4 Å². The van der Waals surface area contributed by atoms with E-state index in [2.05, 4.69) is 10.3 Å². The Kier molecular flexibility index (Phi) is 5.27. The van der Waals surface area contributed by atoms with Gasteiger partial charge in [0, 0.05) is 10.7 Å². The van der Waals surface area contributed by atoms with Crippen LogP contribution < -0.4 is 10.1 Å². The molecule has 24 heavy (non-hydrogen) atoms. The highest BCUT2D eigenvalue weighted by molar-refractivity contribution is 7.99. The fourth-order valence-corrected chi connectivity index (χ4v) is 2.87. The van der Waals surface area contributed by atoms with Crippen LogP contribution in [-0.2, 0) is 4.79 Å². The van der Waals surface area contributed by atoms with Crippen LogP contribution in [0.1, 0.15) is 6.92 Å². The lowest BCUT2D eigenvalue weighted by molar-refractivity contribution is -0.113. The first-order chi connectivity index (χ1) is 11.6. The first-order valence-corrected chi connectivity index (χ1v) is 8.72. The molecular weight excluding hydrogens is 348 g/mol. The van der Waals surface area contributed by atoms with E-state index in [1.807, 2.05) is 19.1 Å². The third-order valence-corrected chi connectivity index (χ3v) is 4.17. The van der Waals surface area contributed by atoms with Gasteiger partial charge in [0.2, 0.25) is 5.91 Å². The van der Waals surface area contributed by atoms with Gasteiger partial charge in [0.25, 0.3) is 5.22 Å². The van der Waals surface area contributed by atoms with Crippen molar-refractivity contribution >= 4 is 46.1 Å². The zero-order valence-corrected chi connectivity index (χ0v) is 14.5. The topological polar surface area (TPSA) is 64.4 Å². The summed E-state index contributed by atoms with van der Waals surface area (Å²) in [5, 5.41) is 3.86. The number of aromatic nitrogens is 1. The maximum atomic E-state index is 12.0. The number of hydrogen-bond donors (Lipinski definition) is 1. The summed E-state index contributed by atoms with van der Waals surface area (Å²) < 4.78 is 10.9. The summed E-state index contributed by atoms with van der Waals surface area (Å²) in [5.74, 6) is 0.841. The number of amides is 1. The number of hydrogen-bond acceptors (Lipinski definition) is 5. The molecule has 3 aromatic rings. The Morgan fingerprint density at radius 3 is 2.83 bits per heavy atom. The van der Waals surface area contributed by atoms with Crippen LogP contribution in [0.15, 0.2) is 52.1 Å². The van der Waals surface area contributed by atoms with Crippen LogP contribution in [0, 0.1) is 0 Å². The molecule has 1 aromatic heterocycles. The fraction of sp³-hybridized carbons (Fsp3) is 0.176. The van der Waals surface area contributed by atoms with E-state index >= 15 is 0 Å². The van der Waals surface area contributed by atoms with E-state index in [4.69, 9.17) is 20.8 Å². The molecule has 0 aliphatic heterocycles. The molecule has 5 nitrogen and oxygen atoms in total. The van der Waals surface area contributed by atoms with Crippen LogP contribution >= 0.6 is 23.4 Å². The van der Waals surface area contributed by atoms with E-state index in [0.29, 0.717) is 33.6 Å². The van der Waals surface area contributed by atoms with E-state index in [9.17, 15) is 4.79 Å². The summed E-state index contributed by atoms with van der Waals surface area (Å²) in [4.78, 5) is 16.3. The number of benzene rings is 2. The average Bonchev–Trinajstić information content (AvgIpc) is 2.97. The molecule has 0 aliphatic rings. The van der Waals surface area contributed by atoms with Gasteiger partial charge >= 0.3 is 0 Å². The Morgan fingerprint density at radius 1 is 1.29 bits per heavy atom. The van der Waals surface area contributed by atoms with Crippen molar-refractivity contribution in [3.05, 3.63) is 47.5 Å². The third-order valence-electron chi connectivity index (χ3n) is 3.11. The lowest BCUT2D eigenvalue weighted by atomic mass is 10.3. The molecule has 7 heteroatoms. The lowest BCUT2D eigenvalue weighted by Crippen LogP contribution is -2.13. The highest BCUT2D eigenvalue weighted by Crippen LogP contribution is 2.25. The normalized spacial score (nSPS) is 10.8. The molecule has 1 amide bonds. The molecule has 2 aromatic carbocycles. The van der Waals surface area contributed by atoms with Crippen molar-refractivity contribution in [1.29, 1.82) is 0 Å². The van der Waals surface area contributed by atoms with Crippen molar-refractivity contribution in [1.82, 2.24) is 4.98 Å². The summed E-state index contributed by atoms with van der Waals surface area (Å²) in [6, 6.07) is 12.5. The summed E-state index contributed by atoms with van der Waals surface area (Å²) in [6.45, 7) is 2.53. The number of halogens is 1. The minimum Gasteiger partial charge on any atom is -0.494 e. The van der Waals surface area contributed by atoms with Crippen molar-refractivity contribution in [3.8, 4) is 5.75 Å². The molecule has 1 heterocycles. The molecule has 0 saturated carbocycles. The Balaban J connectivity index is 1.56. The van der Waals surface area contributed by atoms with Crippen molar-refractivity contribution in [2.75, 3.05) is 17.7 Å². The smallest absolute Gasteiger partial charge is 0.257 e. The summed E-state index contributed by atoms with van der Waals surface area (Å²) in [6.07, 6.45) is 0. The van der Waals surface area contributed by atoms with Gasteiger partial charge in [0.15, 0.2) is 5.58 Å². The molecule has 0 unspecified atom stereocenters. The molecular formula is C17H15ClN2O3S. The van der Waals surface area contributed by atoms with Gasteiger partial charge in [0.05, 0.1) is 12.4 Å². The van der Waals surface area contributed by atoms with Crippen LogP contribution in [0.4, 0.5) is 5.69 Å². The second-order valence-electron chi connectivity index (χ2n) is 4.89. The minimum absolute atomic E-state index is 0.135. The van der Waals surface area contributed by atoms with Gasteiger partial charge in [-0.1, -0.05) is 23.4 Å². The Bertz CT molecular complexity index is 849. The highest BCUT2D eigenvalue weighted by Gasteiger charge is 2.10. The fourth-order valence-electron chi connectivity index (χ4n) is 2.07. The molecule has 0 fully saturated rings. The number of anilines is 1. The number of fused-ring (bicyclic) bond motifs is 1. The molecule has 0 aliphatic carbocycles. The predicted octanol–water partition coefficient (Wildman–Crippen LogP) is 4.61. The van der Waals surface area contributed by atoms with Gasteiger partial charge in [0.1, 0.15) is 11.3 Å². The van der Waals surface area contributed by atoms with Crippen molar-refractivity contribution < 1.29 is 13.9 Å². The SMILES string of the molecule is CCOc1ccc(NC(=O)CSc2nc3cc(Cl)ccc3o2)cc1. The second kappa shape index (κ2) is 7.59. The Morgan fingerprint density at radius 2 is 2.08 bits per heavy atom. The molecule has 0 bridgehead atoms. The van der Waals surface area contributed by atoms with E-state index in [1.54, 1.807) is 30.3 Å². The largest absolute Gasteiger partial charge is 0.494 e. The van der Waals surface area contributed by atoms with E-state index < -0.39 is 0 Å². The highest BCUT2D eigenvalue weighted by atomic mass is 35.5. The number of oxazole rings is 1. The zero-order valence-electron chi connectivity index (χ0n) is 12.9. The van der Waals surface area contributed by atoms with Crippen molar-refractivity contribution in [2.45, 2.75) is 12.1 Å². The van der Waals surface area contributed by atoms with Crippen LogP contribution in [0.25, 0.3) is 11.1 Å². The number of carbonyl (C=O) groups is 1. The van der Waals surface area contributed by atoms with Gasteiger partial charge in [-0.15, -0.1) is 0 Å². The number of nitrogens with zero attached hydrogens (tertiary/aromatic N) is 1. The first kappa shape index (κ1) is 16.7. The Labute approximate surface area is 148 Å². The van der Waals surface area contributed by atoms with Gasteiger partial charge in [-0.25, -0.2) is 4.98 Å². The standard InChI is InChI=1S/C17H15ClN2O3S/c1-2-22-13-6-4-12(5-7-13)19-16(21)10-24-17-20-14-9-11(18)3-8-15(14)23-17/h3-9H,2,10H2,1H3,(H,19,21). The summed E-state index contributed by atoms with van der Waals surface area (Å²) in [7, 11) is 0. The maximum Gasteiger partial charge on any atom is 0.257 e. The molecule has 3 rings (SSSR count). The third kappa shape index (κ3) is 4.21. The number of thioether (sulfide) groups is 1. The molecule has 124 valence electrons. The summed E-state index contributed by atoms with van der Waals surface area (Å²) >= 11 is 7.15. The van der Waals surface area contributed by atoms with Gasteiger partial charge < -0.3 is 14.5 Å². The molecule has 0 spiro atoms. The Hall–Kier alpha value is -2.18. The maximum absolute atomic E-state index is 12.0. The minimum atomic E-state index is -0.135. The molecule has 0 radical (unpaired) electrons. The number of carbonyl (C=O) groups excluding carboxylic acids is 1. The second-order valence-corrected chi connectivity index (χ2v) is 6.25. The number of nitrogens with one attached hydrogen (secondary N) is 1. The molecule has 0 saturated heterocycles. The van der Waals surface area contributed by atoms with Crippen LogP contribution in [0.5, 0.6) is 5.75 Å². The molecule has 1 N–H and O–H groups in total. The lowest BCUT2D eigenvalue weighted by Gasteiger charge is -2.06.